The third kappa shape index (κ3) is 6.86. The SMILES string of the molecule is CCOC(=O)c1cc(OCc2ccccc2)c(CC(C)(C)N)cc1OCc1ccccc1. The van der Waals surface area contributed by atoms with Crippen molar-refractivity contribution in [3.05, 3.63) is 95.1 Å². The van der Waals surface area contributed by atoms with Crippen molar-refractivity contribution < 1.29 is 19.0 Å². The van der Waals surface area contributed by atoms with Crippen molar-refractivity contribution in [3.63, 3.8) is 0 Å². The molecule has 3 aromatic rings. The average Bonchev–Trinajstić information content (AvgIpc) is 2.77. The fourth-order valence-electron chi connectivity index (χ4n) is 3.32. The molecule has 0 heterocycles. The molecular formula is C27H31NO4. The van der Waals surface area contributed by atoms with Crippen LogP contribution in [0, 0.1) is 0 Å². The van der Waals surface area contributed by atoms with E-state index in [0.717, 1.165) is 16.7 Å². The molecule has 0 saturated carbocycles. The zero-order chi connectivity index (χ0) is 23.0. The number of rotatable bonds is 10. The van der Waals surface area contributed by atoms with Crippen molar-refractivity contribution in [3.8, 4) is 11.5 Å². The van der Waals surface area contributed by atoms with Crippen LogP contribution in [0.2, 0.25) is 0 Å². The van der Waals surface area contributed by atoms with Crippen molar-refractivity contribution in [1.82, 2.24) is 0 Å². The Morgan fingerprint density at radius 2 is 1.38 bits per heavy atom. The summed E-state index contributed by atoms with van der Waals surface area (Å²) in [7, 11) is 0. The maximum atomic E-state index is 12.7. The smallest absolute Gasteiger partial charge is 0.342 e. The normalized spacial score (nSPS) is 11.1. The molecule has 32 heavy (non-hydrogen) atoms. The van der Waals surface area contributed by atoms with Gasteiger partial charge in [0.25, 0.3) is 0 Å². The van der Waals surface area contributed by atoms with E-state index >= 15 is 0 Å². The topological polar surface area (TPSA) is 70.8 Å². The molecule has 0 aliphatic rings. The van der Waals surface area contributed by atoms with Gasteiger partial charge < -0.3 is 19.9 Å². The van der Waals surface area contributed by atoms with Crippen molar-refractivity contribution in [1.29, 1.82) is 0 Å². The zero-order valence-electron chi connectivity index (χ0n) is 19.0. The number of hydrogen-bond donors (Lipinski definition) is 1. The molecule has 0 amide bonds. The van der Waals surface area contributed by atoms with Crippen LogP contribution in [0.15, 0.2) is 72.8 Å². The van der Waals surface area contributed by atoms with Crippen molar-refractivity contribution >= 4 is 5.97 Å². The molecule has 0 atom stereocenters. The third-order valence-corrected chi connectivity index (χ3v) is 4.78. The van der Waals surface area contributed by atoms with Crippen LogP contribution in [0.1, 0.15) is 47.8 Å². The number of carbonyl (C=O) groups is 1. The number of ether oxygens (including phenoxy) is 3. The highest BCUT2D eigenvalue weighted by molar-refractivity contribution is 5.93. The highest BCUT2D eigenvalue weighted by atomic mass is 16.5. The Labute approximate surface area is 190 Å². The first-order chi connectivity index (χ1) is 15.4. The van der Waals surface area contributed by atoms with Crippen LogP contribution >= 0.6 is 0 Å². The van der Waals surface area contributed by atoms with Crippen molar-refractivity contribution in [2.45, 2.75) is 45.9 Å². The molecule has 0 radical (unpaired) electrons. The van der Waals surface area contributed by atoms with Crippen LogP contribution < -0.4 is 15.2 Å². The minimum Gasteiger partial charge on any atom is -0.489 e. The fraction of sp³-hybridized carbons (Fsp3) is 0.296. The van der Waals surface area contributed by atoms with Crippen molar-refractivity contribution in [2.75, 3.05) is 6.61 Å². The lowest BCUT2D eigenvalue weighted by atomic mass is 9.94. The molecule has 3 rings (SSSR count). The molecule has 0 spiro atoms. The molecule has 5 heteroatoms. The first-order valence-electron chi connectivity index (χ1n) is 10.8. The molecule has 0 bridgehead atoms. The van der Waals surface area contributed by atoms with E-state index in [1.165, 1.54) is 0 Å². The van der Waals surface area contributed by atoms with E-state index in [1.807, 2.05) is 80.6 Å². The van der Waals surface area contributed by atoms with Gasteiger partial charge in [-0.1, -0.05) is 60.7 Å². The van der Waals surface area contributed by atoms with E-state index in [1.54, 1.807) is 13.0 Å². The first kappa shape index (κ1) is 23.4. The Hall–Kier alpha value is -3.31. The van der Waals surface area contributed by atoms with Crippen LogP contribution in [0.25, 0.3) is 0 Å². The predicted octanol–water partition coefficient (Wildman–Crippen LogP) is 5.30. The molecular weight excluding hydrogens is 402 g/mol. The van der Waals surface area contributed by atoms with Crippen LogP contribution in [0.4, 0.5) is 0 Å². The van der Waals surface area contributed by atoms with E-state index in [2.05, 4.69) is 0 Å². The molecule has 0 aliphatic carbocycles. The summed E-state index contributed by atoms with van der Waals surface area (Å²) >= 11 is 0. The molecule has 0 aromatic heterocycles. The summed E-state index contributed by atoms with van der Waals surface area (Å²) in [6.45, 7) is 6.68. The van der Waals surface area contributed by atoms with E-state index < -0.39 is 11.5 Å². The van der Waals surface area contributed by atoms with E-state index in [9.17, 15) is 4.79 Å². The van der Waals surface area contributed by atoms with Gasteiger partial charge in [-0.15, -0.1) is 0 Å². The summed E-state index contributed by atoms with van der Waals surface area (Å²) in [5.41, 5.74) is 9.11. The summed E-state index contributed by atoms with van der Waals surface area (Å²) in [4.78, 5) is 12.7. The Kier molecular flexibility index (Phi) is 7.90. The third-order valence-electron chi connectivity index (χ3n) is 4.78. The molecule has 0 fully saturated rings. The Morgan fingerprint density at radius 1 is 0.844 bits per heavy atom. The summed E-state index contributed by atoms with van der Waals surface area (Å²) < 4.78 is 17.5. The molecule has 2 N–H and O–H groups in total. The minimum absolute atomic E-state index is 0.273. The van der Waals surface area contributed by atoms with Crippen LogP contribution in [0.5, 0.6) is 11.5 Å². The van der Waals surface area contributed by atoms with E-state index in [4.69, 9.17) is 19.9 Å². The molecule has 0 unspecified atom stereocenters. The lowest BCUT2D eigenvalue weighted by Crippen LogP contribution is -2.34. The zero-order valence-corrected chi connectivity index (χ0v) is 19.0. The second-order valence-corrected chi connectivity index (χ2v) is 8.39. The summed E-state index contributed by atoms with van der Waals surface area (Å²) in [6.07, 6.45) is 0.557. The van der Waals surface area contributed by atoms with Gasteiger partial charge in [-0.05, 0) is 56.0 Å². The quantitative estimate of drug-likeness (QED) is 0.439. The number of esters is 1. The molecule has 3 aromatic carbocycles. The summed E-state index contributed by atoms with van der Waals surface area (Å²) in [5.74, 6) is 0.611. The van der Waals surface area contributed by atoms with Crippen LogP contribution in [-0.4, -0.2) is 18.1 Å². The van der Waals surface area contributed by atoms with Crippen LogP contribution in [0.3, 0.4) is 0 Å². The monoisotopic (exact) mass is 433 g/mol. The number of benzene rings is 3. The Morgan fingerprint density at radius 3 is 1.88 bits per heavy atom. The number of nitrogens with two attached hydrogens (primary N) is 1. The highest BCUT2D eigenvalue weighted by Crippen LogP contribution is 2.33. The van der Waals surface area contributed by atoms with Gasteiger partial charge in [-0.25, -0.2) is 4.79 Å². The van der Waals surface area contributed by atoms with Gasteiger partial charge in [0.05, 0.1) is 6.61 Å². The van der Waals surface area contributed by atoms with Gasteiger partial charge in [0, 0.05) is 5.54 Å². The summed E-state index contributed by atoms with van der Waals surface area (Å²) in [6, 6.07) is 23.3. The maximum Gasteiger partial charge on any atom is 0.342 e. The van der Waals surface area contributed by atoms with Gasteiger partial charge >= 0.3 is 5.97 Å². The summed E-state index contributed by atoms with van der Waals surface area (Å²) in [5, 5.41) is 0. The number of hydrogen-bond acceptors (Lipinski definition) is 5. The van der Waals surface area contributed by atoms with Gasteiger partial charge in [0.1, 0.15) is 30.3 Å². The standard InChI is InChI=1S/C27H31NO4/c1-4-30-26(29)23-16-24(31-18-20-11-7-5-8-12-20)22(17-27(2,3)28)15-25(23)32-19-21-13-9-6-10-14-21/h5-16H,4,17-19,28H2,1-3H3. The van der Waals surface area contributed by atoms with E-state index in [-0.39, 0.29) is 6.61 Å². The Balaban J connectivity index is 1.95. The van der Waals surface area contributed by atoms with Gasteiger partial charge in [0.15, 0.2) is 0 Å². The largest absolute Gasteiger partial charge is 0.489 e. The molecule has 168 valence electrons. The second-order valence-electron chi connectivity index (χ2n) is 8.39. The van der Waals surface area contributed by atoms with Gasteiger partial charge in [0.2, 0.25) is 0 Å². The van der Waals surface area contributed by atoms with Gasteiger partial charge in [-0.3, -0.25) is 0 Å². The highest BCUT2D eigenvalue weighted by Gasteiger charge is 2.22. The first-order valence-corrected chi connectivity index (χ1v) is 10.8. The Bertz CT molecular complexity index is 1010. The number of carbonyl (C=O) groups excluding carboxylic acids is 1. The second kappa shape index (κ2) is 10.8. The predicted molar refractivity (Wildman–Crippen MR) is 126 cm³/mol. The fourth-order valence-corrected chi connectivity index (χ4v) is 3.32. The van der Waals surface area contributed by atoms with E-state index in [0.29, 0.717) is 36.7 Å². The molecule has 0 aliphatic heterocycles. The maximum absolute atomic E-state index is 12.7. The average molecular weight is 434 g/mol. The lowest BCUT2D eigenvalue weighted by Gasteiger charge is -2.23. The lowest BCUT2D eigenvalue weighted by molar-refractivity contribution is 0.0520. The minimum atomic E-state index is -0.465. The molecule has 0 saturated heterocycles. The molecule has 5 nitrogen and oxygen atoms in total. The van der Waals surface area contributed by atoms with Crippen LogP contribution in [-0.2, 0) is 24.4 Å². The van der Waals surface area contributed by atoms with Crippen molar-refractivity contribution in [2.24, 2.45) is 5.73 Å². The van der Waals surface area contributed by atoms with Gasteiger partial charge in [-0.2, -0.15) is 0 Å².